The number of hydrogen-bond acceptors (Lipinski definition) is 14. The molecule has 2 atom stereocenters. The second-order valence-electron chi connectivity index (χ2n) is 22.4. The number of halogens is 3. The number of fused-ring (bicyclic) bond motifs is 1. The summed E-state index contributed by atoms with van der Waals surface area (Å²) < 4.78 is 84.9. The van der Waals surface area contributed by atoms with E-state index in [1.165, 1.54) is 42.5 Å². The molecule has 2 aliphatic heterocycles. The molecule has 0 radical (unpaired) electrons. The standard InChI is InChI=1S/C57H66F3N9O8S/c1-34(2)41-8-6-7-9-42(41)49-33-67(32-37-10-13-45(58)46(59)22-37)35(3)31-68(49)39-26-57(27-39)18-20-66(21-19-57)38-11-12-43(50(23-38)77-51-25-44-47(60)30-63-52(44)64-55(51)76-5)54(70)65-78(74,75)40-24-48(69(72)73)53(62-29-40)61-28-36-14-16-56(4,71)17-15-36/h6-13,22-25,29-30,34-36,39,49,71H,14-21,26-28,31-33H2,1-5H3,(H,61,62)(H,63,64)(H,65,70)/t35-,36?,49-,56?/m0/s1. The number of nitrogens with zero attached hydrogens (tertiary/aromatic N) is 6. The second kappa shape index (κ2) is 21.8. The molecule has 5 heterocycles. The molecule has 4 aliphatic rings. The number of ether oxygens (including phenoxy) is 2. The van der Waals surface area contributed by atoms with Gasteiger partial charge in [0.15, 0.2) is 17.4 Å². The van der Waals surface area contributed by atoms with Crippen molar-refractivity contribution in [1.82, 2.24) is 29.5 Å². The first-order valence-electron chi connectivity index (χ1n) is 26.7. The van der Waals surface area contributed by atoms with Crippen LogP contribution in [0.25, 0.3) is 11.0 Å². The molecule has 3 aromatic heterocycles. The number of aromatic amines is 1. The first kappa shape index (κ1) is 54.5. The Kier molecular flexibility index (Phi) is 15.2. The largest absolute Gasteiger partial charge is 0.478 e. The summed E-state index contributed by atoms with van der Waals surface area (Å²) in [5.41, 5.74) is 2.71. The average molecular weight is 1090 g/mol. The third-order valence-electron chi connectivity index (χ3n) is 16.7. The van der Waals surface area contributed by atoms with Gasteiger partial charge in [-0.15, -0.1) is 0 Å². The maximum atomic E-state index is 14.9. The number of amides is 1. The van der Waals surface area contributed by atoms with Crippen LogP contribution in [0.1, 0.15) is 118 Å². The molecule has 2 saturated heterocycles. The quantitative estimate of drug-likeness (QED) is 0.0525. The smallest absolute Gasteiger partial charge is 0.312 e. The van der Waals surface area contributed by atoms with Crippen LogP contribution >= 0.6 is 0 Å². The fourth-order valence-corrected chi connectivity index (χ4v) is 13.1. The van der Waals surface area contributed by atoms with Gasteiger partial charge in [-0.3, -0.25) is 24.7 Å². The number of carbonyl (C=O) groups excluding carboxylic acids is 1. The van der Waals surface area contributed by atoms with Gasteiger partial charge in [0.25, 0.3) is 21.8 Å². The van der Waals surface area contributed by atoms with E-state index < -0.39 is 54.5 Å². The van der Waals surface area contributed by atoms with E-state index >= 15 is 0 Å². The molecule has 21 heteroatoms. The summed E-state index contributed by atoms with van der Waals surface area (Å²) in [4.78, 5) is 43.5. The van der Waals surface area contributed by atoms with Crippen LogP contribution in [-0.4, -0.2) is 107 Å². The summed E-state index contributed by atoms with van der Waals surface area (Å²) in [5, 5.41) is 25.6. The molecule has 2 saturated carbocycles. The van der Waals surface area contributed by atoms with Crippen molar-refractivity contribution in [3.8, 4) is 17.4 Å². The van der Waals surface area contributed by atoms with Crippen LogP contribution in [0.3, 0.4) is 0 Å². The van der Waals surface area contributed by atoms with Crippen LogP contribution in [0.15, 0.2) is 90.1 Å². The van der Waals surface area contributed by atoms with E-state index in [1.807, 2.05) is 4.72 Å². The van der Waals surface area contributed by atoms with Gasteiger partial charge in [-0.1, -0.05) is 44.2 Å². The number of piperidine rings is 1. The van der Waals surface area contributed by atoms with Gasteiger partial charge in [0.1, 0.15) is 22.1 Å². The van der Waals surface area contributed by atoms with Crippen LogP contribution in [0, 0.1) is 38.9 Å². The zero-order valence-corrected chi connectivity index (χ0v) is 45.2. The zero-order chi connectivity index (χ0) is 55.3. The minimum Gasteiger partial charge on any atom is -0.478 e. The van der Waals surface area contributed by atoms with Gasteiger partial charge in [0, 0.05) is 87.5 Å². The first-order chi connectivity index (χ1) is 37.2. The molecular weight excluding hydrogens is 1030 g/mol. The maximum absolute atomic E-state index is 14.9. The predicted octanol–water partition coefficient (Wildman–Crippen LogP) is 10.4. The number of pyridine rings is 2. The lowest BCUT2D eigenvalue weighted by molar-refractivity contribution is -0.384. The van der Waals surface area contributed by atoms with Gasteiger partial charge in [0.2, 0.25) is 5.82 Å². The predicted molar refractivity (Wildman–Crippen MR) is 289 cm³/mol. The number of sulfonamides is 1. The number of aliphatic hydroxyl groups is 1. The fraction of sp³-hybridized carbons (Fsp3) is 0.456. The molecule has 1 amide bonds. The van der Waals surface area contributed by atoms with Gasteiger partial charge in [-0.2, -0.15) is 4.98 Å². The van der Waals surface area contributed by atoms with Crippen molar-refractivity contribution in [2.24, 2.45) is 11.3 Å². The van der Waals surface area contributed by atoms with Crippen molar-refractivity contribution in [2.45, 2.75) is 120 Å². The van der Waals surface area contributed by atoms with E-state index in [4.69, 9.17) is 9.47 Å². The summed E-state index contributed by atoms with van der Waals surface area (Å²) in [7, 11) is -3.41. The lowest BCUT2D eigenvalue weighted by Crippen LogP contribution is -2.61. The van der Waals surface area contributed by atoms with Gasteiger partial charge < -0.3 is 29.8 Å². The van der Waals surface area contributed by atoms with Crippen molar-refractivity contribution in [3.05, 3.63) is 135 Å². The van der Waals surface area contributed by atoms with Crippen LogP contribution < -0.4 is 24.4 Å². The van der Waals surface area contributed by atoms with E-state index in [2.05, 4.69) is 80.0 Å². The van der Waals surface area contributed by atoms with Crippen LogP contribution in [0.2, 0.25) is 0 Å². The van der Waals surface area contributed by atoms with E-state index in [0.717, 1.165) is 62.8 Å². The number of nitro groups is 1. The van der Waals surface area contributed by atoms with Gasteiger partial charge in [-0.25, -0.2) is 31.3 Å². The Hall–Kier alpha value is -6.81. The fourth-order valence-electron chi connectivity index (χ4n) is 12.1. The summed E-state index contributed by atoms with van der Waals surface area (Å²) in [6, 6.07) is 20.3. The number of H-pyrrole nitrogens is 1. The number of aromatic nitrogens is 3. The number of piperazine rings is 1. The molecule has 17 nitrogen and oxygen atoms in total. The first-order valence-corrected chi connectivity index (χ1v) is 28.2. The maximum Gasteiger partial charge on any atom is 0.312 e. The summed E-state index contributed by atoms with van der Waals surface area (Å²) in [6.07, 6.45) is 8.42. The van der Waals surface area contributed by atoms with Crippen LogP contribution in [0.4, 0.5) is 30.4 Å². The Balaban J connectivity index is 0.865. The Labute approximate surface area is 451 Å². The molecule has 4 N–H and O–H groups in total. The lowest BCUT2D eigenvalue weighted by Gasteiger charge is -2.59. The minimum absolute atomic E-state index is 0.0374. The van der Waals surface area contributed by atoms with Crippen LogP contribution in [-0.2, 0) is 16.6 Å². The highest BCUT2D eigenvalue weighted by Gasteiger charge is 2.51. The highest BCUT2D eigenvalue weighted by molar-refractivity contribution is 7.90. The third kappa shape index (κ3) is 11.4. The average Bonchev–Trinajstić information content (AvgIpc) is 3.92. The summed E-state index contributed by atoms with van der Waals surface area (Å²) in [5.74, 6) is -3.30. The zero-order valence-electron chi connectivity index (χ0n) is 44.4. The molecular formula is C57H66F3N9O8S. The second-order valence-corrected chi connectivity index (χ2v) is 24.1. The Morgan fingerprint density at radius 2 is 1.71 bits per heavy atom. The minimum atomic E-state index is -4.77. The SMILES string of the molecule is COc1nc2[nH]cc(F)c2cc1Oc1cc(N2CCC3(CC2)CC(N2C[C@H](C)N(Cc4ccc(F)c(F)c4)C[C@H]2c2ccccc2C(C)C)C3)ccc1C(=O)NS(=O)(=O)c1cnc(NCC2CCC(C)(O)CC2)c([N+](=O)[O-])c1. The van der Waals surface area contributed by atoms with E-state index in [1.54, 1.807) is 25.1 Å². The number of carbonyl (C=O) groups is 1. The molecule has 414 valence electrons. The van der Waals surface area contributed by atoms with Gasteiger partial charge >= 0.3 is 5.69 Å². The number of hydrogen-bond donors (Lipinski definition) is 4. The summed E-state index contributed by atoms with van der Waals surface area (Å²) >= 11 is 0. The van der Waals surface area contributed by atoms with Crippen molar-refractivity contribution in [3.63, 3.8) is 0 Å². The molecule has 1 spiro atoms. The molecule has 4 fully saturated rings. The molecule has 2 aliphatic carbocycles. The Bertz CT molecular complexity index is 3330. The highest BCUT2D eigenvalue weighted by atomic mass is 32.2. The van der Waals surface area contributed by atoms with Gasteiger partial charge in [-0.05, 0) is 123 Å². The molecule has 10 rings (SSSR count). The number of nitrogens with one attached hydrogen (secondary N) is 3. The molecule has 0 bridgehead atoms. The van der Waals surface area contributed by atoms with Gasteiger partial charge in [0.05, 0.1) is 34.8 Å². The lowest BCUT2D eigenvalue weighted by atomic mass is 9.59. The third-order valence-corrected chi connectivity index (χ3v) is 18.0. The molecule has 0 unspecified atom stereocenters. The topological polar surface area (TPSA) is 208 Å². The molecule has 3 aromatic carbocycles. The molecule has 78 heavy (non-hydrogen) atoms. The number of anilines is 2. The number of benzene rings is 3. The monoisotopic (exact) mass is 1090 g/mol. The highest BCUT2D eigenvalue weighted by Crippen LogP contribution is 2.54. The van der Waals surface area contributed by atoms with Crippen LogP contribution in [0.5, 0.6) is 17.4 Å². The Morgan fingerprint density at radius 1 is 0.962 bits per heavy atom. The van der Waals surface area contributed by atoms with E-state index in [-0.39, 0.29) is 63.2 Å². The normalized spacial score (nSPS) is 22.1. The molecule has 6 aromatic rings. The number of methoxy groups -OCH3 is 1. The van der Waals surface area contributed by atoms with Crippen molar-refractivity contribution in [1.29, 1.82) is 0 Å². The number of rotatable bonds is 16. The Morgan fingerprint density at radius 3 is 2.41 bits per heavy atom. The van der Waals surface area contributed by atoms with Crippen molar-refractivity contribution < 1.29 is 45.9 Å². The van der Waals surface area contributed by atoms with E-state index in [0.29, 0.717) is 69.5 Å². The van der Waals surface area contributed by atoms with Crippen molar-refractivity contribution in [2.75, 3.05) is 50.1 Å². The van der Waals surface area contributed by atoms with Crippen molar-refractivity contribution >= 4 is 44.2 Å². The summed E-state index contributed by atoms with van der Waals surface area (Å²) in [6.45, 7) is 12.1. The van der Waals surface area contributed by atoms with E-state index in [9.17, 15) is 41.6 Å².